The second kappa shape index (κ2) is 5.96. The van der Waals surface area contributed by atoms with E-state index in [1.54, 1.807) is 6.92 Å². The molecule has 2 saturated carbocycles. The number of rotatable bonds is 4. The fraction of sp³-hybridized carbons (Fsp3) is 0.562. The Morgan fingerprint density at radius 2 is 2.00 bits per heavy atom. The van der Waals surface area contributed by atoms with Crippen LogP contribution in [0.5, 0.6) is 0 Å². The van der Waals surface area contributed by atoms with Crippen LogP contribution in [-0.2, 0) is 9.53 Å². The molecule has 0 unspecified atom stereocenters. The van der Waals surface area contributed by atoms with Gasteiger partial charge in [0.1, 0.15) is 9.88 Å². The first kappa shape index (κ1) is 16.0. The van der Waals surface area contributed by atoms with E-state index in [4.69, 9.17) is 10.5 Å². The number of anilines is 1. The SMILES string of the molecule is COC(=O)c1sc(NC(=O)[C@H]2C[C@H]3CC[C@H]2C3)c(C(N)=O)c1C. The zero-order chi connectivity index (χ0) is 16.7. The van der Waals surface area contributed by atoms with E-state index in [-0.39, 0.29) is 17.4 Å². The van der Waals surface area contributed by atoms with E-state index in [0.29, 0.717) is 27.3 Å². The highest BCUT2D eigenvalue weighted by molar-refractivity contribution is 7.18. The number of fused-ring (bicyclic) bond motifs is 2. The van der Waals surface area contributed by atoms with Crippen LogP contribution in [0.4, 0.5) is 5.00 Å². The summed E-state index contributed by atoms with van der Waals surface area (Å²) in [5.74, 6) is -0.163. The van der Waals surface area contributed by atoms with E-state index in [1.165, 1.54) is 13.5 Å². The Morgan fingerprint density at radius 3 is 2.52 bits per heavy atom. The molecule has 2 fully saturated rings. The van der Waals surface area contributed by atoms with Crippen molar-refractivity contribution in [3.05, 3.63) is 16.0 Å². The van der Waals surface area contributed by atoms with Crippen LogP contribution in [0.1, 0.15) is 51.3 Å². The van der Waals surface area contributed by atoms with Crippen LogP contribution in [0.25, 0.3) is 0 Å². The van der Waals surface area contributed by atoms with Gasteiger partial charge in [-0.05, 0) is 43.6 Å². The van der Waals surface area contributed by atoms with E-state index >= 15 is 0 Å². The number of nitrogens with two attached hydrogens (primary N) is 1. The zero-order valence-corrected chi connectivity index (χ0v) is 14.0. The summed E-state index contributed by atoms with van der Waals surface area (Å²) in [6.45, 7) is 1.63. The van der Waals surface area contributed by atoms with Crippen LogP contribution in [0, 0.1) is 24.7 Å². The minimum Gasteiger partial charge on any atom is -0.465 e. The molecule has 3 atom stereocenters. The molecule has 3 rings (SSSR count). The predicted molar refractivity (Wildman–Crippen MR) is 86.5 cm³/mol. The predicted octanol–water partition coefficient (Wildman–Crippen LogP) is 2.32. The van der Waals surface area contributed by atoms with Crippen LogP contribution in [0.15, 0.2) is 0 Å². The van der Waals surface area contributed by atoms with Gasteiger partial charge < -0.3 is 15.8 Å². The van der Waals surface area contributed by atoms with Crippen LogP contribution in [-0.4, -0.2) is 24.9 Å². The van der Waals surface area contributed by atoms with E-state index < -0.39 is 11.9 Å². The monoisotopic (exact) mass is 336 g/mol. The zero-order valence-electron chi connectivity index (χ0n) is 13.2. The summed E-state index contributed by atoms with van der Waals surface area (Å²) >= 11 is 1.05. The van der Waals surface area contributed by atoms with Crippen molar-refractivity contribution >= 4 is 34.1 Å². The standard InChI is InChI=1S/C16H20N2O4S/c1-7-11(13(17)19)15(23-12(7)16(21)22-2)18-14(20)10-6-8-3-4-9(10)5-8/h8-10H,3-6H2,1-2H3,(H2,17,19)(H,18,20)/t8-,9-,10-/m0/s1. The van der Waals surface area contributed by atoms with E-state index in [9.17, 15) is 14.4 Å². The van der Waals surface area contributed by atoms with Crippen molar-refractivity contribution in [1.82, 2.24) is 0 Å². The minimum atomic E-state index is -0.655. The second-order valence-electron chi connectivity index (χ2n) is 6.39. The Bertz CT molecular complexity index is 682. The maximum Gasteiger partial charge on any atom is 0.348 e. The van der Waals surface area contributed by atoms with Gasteiger partial charge in [-0.2, -0.15) is 0 Å². The molecule has 0 spiro atoms. The lowest BCUT2D eigenvalue weighted by Crippen LogP contribution is -2.27. The lowest BCUT2D eigenvalue weighted by molar-refractivity contribution is -0.121. The average molecular weight is 336 g/mol. The Balaban J connectivity index is 1.85. The fourth-order valence-electron chi connectivity index (χ4n) is 3.96. The molecular weight excluding hydrogens is 316 g/mol. The third-order valence-electron chi connectivity index (χ3n) is 5.08. The lowest BCUT2D eigenvalue weighted by Gasteiger charge is -2.20. The van der Waals surface area contributed by atoms with Gasteiger partial charge in [-0.15, -0.1) is 11.3 Å². The highest BCUT2D eigenvalue weighted by Crippen LogP contribution is 2.48. The lowest BCUT2D eigenvalue weighted by atomic mass is 9.88. The van der Waals surface area contributed by atoms with Gasteiger partial charge in [-0.3, -0.25) is 9.59 Å². The van der Waals surface area contributed by atoms with Crippen LogP contribution >= 0.6 is 11.3 Å². The average Bonchev–Trinajstić information content (AvgIpc) is 3.20. The molecule has 0 radical (unpaired) electrons. The number of carbonyl (C=O) groups is 3. The summed E-state index contributed by atoms with van der Waals surface area (Å²) in [7, 11) is 1.28. The molecular formula is C16H20N2O4S. The Kier molecular flexibility index (Phi) is 4.14. The summed E-state index contributed by atoms with van der Waals surface area (Å²) in [5.41, 5.74) is 6.08. The third-order valence-corrected chi connectivity index (χ3v) is 6.26. The van der Waals surface area contributed by atoms with Crippen molar-refractivity contribution in [2.75, 3.05) is 12.4 Å². The number of primary amides is 1. The van der Waals surface area contributed by atoms with Gasteiger partial charge >= 0.3 is 5.97 Å². The van der Waals surface area contributed by atoms with E-state index in [1.807, 2.05) is 0 Å². The maximum atomic E-state index is 12.6. The molecule has 0 aliphatic heterocycles. The largest absolute Gasteiger partial charge is 0.465 e. The molecule has 2 aliphatic carbocycles. The topological polar surface area (TPSA) is 98.5 Å². The fourth-order valence-corrected chi connectivity index (χ4v) is 5.09. The van der Waals surface area contributed by atoms with Crippen LogP contribution < -0.4 is 11.1 Å². The summed E-state index contributed by atoms with van der Waals surface area (Å²) in [4.78, 5) is 36.4. The molecule has 0 saturated heterocycles. The molecule has 6 nitrogen and oxygen atoms in total. The Labute approximate surface area is 138 Å². The van der Waals surface area contributed by atoms with Gasteiger partial charge in [0.05, 0.1) is 12.7 Å². The Morgan fingerprint density at radius 1 is 1.26 bits per heavy atom. The van der Waals surface area contributed by atoms with Crippen molar-refractivity contribution in [3.63, 3.8) is 0 Å². The smallest absolute Gasteiger partial charge is 0.348 e. The van der Waals surface area contributed by atoms with Crippen molar-refractivity contribution in [2.24, 2.45) is 23.5 Å². The highest BCUT2D eigenvalue weighted by atomic mass is 32.1. The van der Waals surface area contributed by atoms with Crippen LogP contribution in [0.3, 0.4) is 0 Å². The molecule has 23 heavy (non-hydrogen) atoms. The molecule has 2 aliphatic rings. The number of thiophene rings is 1. The van der Waals surface area contributed by atoms with Crippen molar-refractivity contribution in [1.29, 1.82) is 0 Å². The quantitative estimate of drug-likeness (QED) is 0.824. The molecule has 2 amide bonds. The van der Waals surface area contributed by atoms with Crippen molar-refractivity contribution < 1.29 is 19.1 Å². The van der Waals surface area contributed by atoms with Crippen molar-refractivity contribution in [2.45, 2.75) is 32.6 Å². The van der Waals surface area contributed by atoms with Gasteiger partial charge in [-0.1, -0.05) is 6.42 Å². The van der Waals surface area contributed by atoms with Gasteiger partial charge in [0.15, 0.2) is 0 Å². The first-order valence-electron chi connectivity index (χ1n) is 7.74. The number of esters is 1. The number of hydrogen-bond donors (Lipinski definition) is 2. The number of nitrogens with one attached hydrogen (secondary N) is 1. The number of carbonyl (C=O) groups excluding carboxylic acids is 3. The van der Waals surface area contributed by atoms with Gasteiger partial charge in [0, 0.05) is 5.92 Å². The molecule has 1 heterocycles. The summed E-state index contributed by atoms with van der Waals surface area (Å²) in [6.07, 6.45) is 4.35. The van der Waals surface area contributed by atoms with Crippen molar-refractivity contribution in [3.8, 4) is 0 Å². The van der Waals surface area contributed by atoms with E-state index in [0.717, 1.165) is 30.6 Å². The highest BCUT2D eigenvalue weighted by Gasteiger charge is 2.43. The van der Waals surface area contributed by atoms with Gasteiger partial charge in [0.2, 0.25) is 5.91 Å². The normalized spacial score (nSPS) is 25.4. The summed E-state index contributed by atoms with van der Waals surface area (Å²) in [6, 6.07) is 0. The third kappa shape index (κ3) is 2.73. The molecule has 1 aromatic rings. The first-order chi connectivity index (χ1) is 10.9. The second-order valence-corrected chi connectivity index (χ2v) is 7.41. The number of hydrogen-bond acceptors (Lipinski definition) is 5. The minimum absolute atomic E-state index is 0.00143. The molecule has 7 heteroatoms. The summed E-state index contributed by atoms with van der Waals surface area (Å²) < 4.78 is 4.72. The molecule has 2 bridgehead atoms. The van der Waals surface area contributed by atoms with Gasteiger partial charge in [0.25, 0.3) is 5.91 Å². The van der Waals surface area contributed by atoms with Gasteiger partial charge in [-0.25, -0.2) is 4.79 Å². The first-order valence-corrected chi connectivity index (χ1v) is 8.56. The molecule has 1 aromatic heterocycles. The number of methoxy groups -OCH3 is 1. The number of amides is 2. The van der Waals surface area contributed by atoms with Crippen LogP contribution in [0.2, 0.25) is 0 Å². The maximum absolute atomic E-state index is 12.6. The molecule has 3 N–H and O–H groups in total. The van der Waals surface area contributed by atoms with E-state index in [2.05, 4.69) is 5.32 Å². The number of ether oxygens (including phenoxy) is 1. The molecule has 0 aromatic carbocycles. The Hall–Kier alpha value is -1.89. The molecule has 124 valence electrons. The summed E-state index contributed by atoms with van der Waals surface area (Å²) in [5, 5.41) is 3.18.